The van der Waals surface area contributed by atoms with Gasteiger partial charge in [0.1, 0.15) is 0 Å². The Morgan fingerprint density at radius 3 is 1.91 bits per heavy atom. The molecule has 0 nitrogen and oxygen atoms in total. The van der Waals surface area contributed by atoms with Crippen LogP contribution in [0.1, 0.15) is 26.2 Å². The van der Waals surface area contributed by atoms with Crippen LogP contribution in [0.3, 0.4) is 0 Å². The van der Waals surface area contributed by atoms with Gasteiger partial charge in [0, 0.05) is 0 Å². The van der Waals surface area contributed by atoms with E-state index >= 15 is 0 Å². The summed E-state index contributed by atoms with van der Waals surface area (Å²) in [6.45, 7) is 1.60. The van der Waals surface area contributed by atoms with E-state index in [1.807, 2.05) is 0 Å². The molecular formula is C7H12F4. The summed E-state index contributed by atoms with van der Waals surface area (Å²) in [4.78, 5) is 0. The van der Waals surface area contributed by atoms with Crippen LogP contribution in [0.5, 0.6) is 0 Å². The van der Waals surface area contributed by atoms with Gasteiger partial charge >= 0.3 is 0 Å². The Bertz CT molecular complexity index is 94.4. The van der Waals surface area contributed by atoms with Crippen molar-refractivity contribution in [2.75, 3.05) is 0 Å². The van der Waals surface area contributed by atoms with E-state index < -0.39 is 18.8 Å². The van der Waals surface area contributed by atoms with Gasteiger partial charge < -0.3 is 0 Å². The minimum atomic E-state index is -2.97. The molecule has 0 aromatic heterocycles. The fourth-order valence-corrected chi connectivity index (χ4v) is 0.670. The normalized spacial score (nSPS) is 16.9. The average Bonchev–Trinajstić information content (AvgIpc) is 1.99. The SMILES string of the molecule is CCC(F)CC[C@H](F)C(F)F. The minimum Gasteiger partial charge on any atom is -0.248 e. The Kier molecular flexibility index (Phi) is 5.24. The highest BCUT2D eigenvalue weighted by Gasteiger charge is 2.19. The Balaban J connectivity index is 3.37. The van der Waals surface area contributed by atoms with Crippen LogP contribution in [-0.2, 0) is 0 Å². The van der Waals surface area contributed by atoms with Crippen molar-refractivity contribution < 1.29 is 17.6 Å². The van der Waals surface area contributed by atoms with Gasteiger partial charge in [-0.25, -0.2) is 17.6 Å². The lowest BCUT2D eigenvalue weighted by Gasteiger charge is -2.07. The molecule has 0 N–H and O–H groups in total. The fraction of sp³-hybridized carbons (Fsp3) is 1.00. The van der Waals surface area contributed by atoms with Gasteiger partial charge in [-0.1, -0.05) is 6.92 Å². The molecule has 0 fully saturated rings. The molecule has 4 heteroatoms. The first kappa shape index (κ1) is 10.7. The lowest BCUT2D eigenvalue weighted by Crippen LogP contribution is -2.13. The van der Waals surface area contributed by atoms with Crippen molar-refractivity contribution in [3.63, 3.8) is 0 Å². The highest BCUT2D eigenvalue weighted by Crippen LogP contribution is 2.15. The van der Waals surface area contributed by atoms with E-state index in [1.54, 1.807) is 6.92 Å². The molecule has 0 bridgehead atoms. The Labute approximate surface area is 63.6 Å². The maximum Gasteiger partial charge on any atom is 0.269 e. The summed E-state index contributed by atoms with van der Waals surface area (Å²) in [7, 11) is 0. The number of hydrogen-bond acceptors (Lipinski definition) is 0. The van der Waals surface area contributed by atoms with Gasteiger partial charge in [-0.05, 0) is 19.3 Å². The molecular weight excluding hydrogens is 160 g/mol. The average molecular weight is 172 g/mol. The third-order valence-corrected chi connectivity index (χ3v) is 1.47. The number of hydrogen-bond donors (Lipinski definition) is 0. The van der Waals surface area contributed by atoms with Crippen molar-refractivity contribution in [3.8, 4) is 0 Å². The fourth-order valence-electron chi connectivity index (χ4n) is 0.670. The quantitative estimate of drug-likeness (QED) is 0.559. The topological polar surface area (TPSA) is 0 Å². The van der Waals surface area contributed by atoms with E-state index in [9.17, 15) is 17.6 Å². The lowest BCUT2D eigenvalue weighted by atomic mass is 10.1. The predicted molar refractivity (Wildman–Crippen MR) is 35.3 cm³/mol. The standard InChI is InChI=1S/C7H12F4/c1-2-5(8)3-4-6(9)7(10)11/h5-7H,2-4H2,1H3/t5?,6-/m0/s1. The second-order valence-corrected chi connectivity index (χ2v) is 2.43. The molecule has 0 saturated carbocycles. The van der Waals surface area contributed by atoms with Gasteiger partial charge in [0.15, 0.2) is 6.17 Å². The third kappa shape index (κ3) is 5.04. The molecule has 0 aliphatic rings. The van der Waals surface area contributed by atoms with E-state index in [0.29, 0.717) is 0 Å². The van der Waals surface area contributed by atoms with E-state index in [0.717, 1.165) is 0 Å². The molecule has 1 unspecified atom stereocenters. The molecule has 68 valence electrons. The summed E-state index contributed by atoms with van der Waals surface area (Å²) in [5.41, 5.74) is 0. The van der Waals surface area contributed by atoms with Gasteiger partial charge in [-0.2, -0.15) is 0 Å². The van der Waals surface area contributed by atoms with E-state index in [2.05, 4.69) is 0 Å². The molecule has 0 aromatic carbocycles. The van der Waals surface area contributed by atoms with E-state index in [1.165, 1.54) is 0 Å². The largest absolute Gasteiger partial charge is 0.269 e. The summed E-state index contributed by atoms with van der Waals surface area (Å²) in [5.74, 6) is 0. The minimum absolute atomic E-state index is 0.109. The van der Waals surface area contributed by atoms with Crippen molar-refractivity contribution in [3.05, 3.63) is 0 Å². The highest BCUT2D eigenvalue weighted by atomic mass is 19.3. The van der Waals surface area contributed by atoms with Crippen molar-refractivity contribution >= 4 is 0 Å². The molecule has 11 heavy (non-hydrogen) atoms. The number of alkyl halides is 4. The smallest absolute Gasteiger partial charge is 0.248 e. The summed E-state index contributed by atoms with van der Waals surface area (Å²) in [6.07, 6.45) is -6.52. The summed E-state index contributed by atoms with van der Waals surface area (Å²) < 4.78 is 47.4. The summed E-state index contributed by atoms with van der Waals surface area (Å²) >= 11 is 0. The van der Waals surface area contributed by atoms with Crippen molar-refractivity contribution in [2.24, 2.45) is 0 Å². The van der Waals surface area contributed by atoms with Crippen LogP contribution in [-0.4, -0.2) is 18.8 Å². The predicted octanol–water partition coefficient (Wildman–Crippen LogP) is 3.12. The monoisotopic (exact) mass is 172 g/mol. The number of halogens is 4. The summed E-state index contributed by atoms with van der Waals surface area (Å²) in [5, 5.41) is 0. The zero-order valence-corrected chi connectivity index (χ0v) is 6.37. The zero-order chi connectivity index (χ0) is 8.85. The van der Waals surface area contributed by atoms with Crippen LogP contribution in [0, 0.1) is 0 Å². The molecule has 2 atom stereocenters. The first-order valence-electron chi connectivity index (χ1n) is 3.64. The van der Waals surface area contributed by atoms with E-state index in [-0.39, 0.29) is 19.3 Å². The Hall–Kier alpha value is -0.280. The molecule has 0 aromatic rings. The second kappa shape index (κ2) is 5.38. The highest BCUT2D eigenvalue weighted by molar-refractivity contribution is 4.62. The van der Waals surface area contributed by atoms with Gasteiger partial charge in [0.25, 0.3) is 6.43 Å². The third-order valence-electron chi connectivity index (χ3n) is 1.47. The molecule has 0 spiro atoms. The Morgan fingerprint density at radius 1 is 1.00 bits per heavy atom. The molecule has 0 rings (SSSR count). The van der Waals surface area contributed by atoms with Gasteiger partial charge in [-0.3, -0.25) is 0 Å². The first-order chi connectivity index (χ1) is 5.07. The maximum absolute atomic E-state index is 12.3. The Morgan fingerprint density at radius 2 is 1.55 bits per heavy atom. The molecule has 0 saturated heterocycles. The van der Waals surface area contributed by atoms with Gasteiger partial charge in [0.05, 0.1) is 6.17 Å². The first-order valence-corrected chi connectivity index (χ1v) is 3.64. The molecule has 0 aliphatic heterocycles. The summed E-state index contributed by atoms with van der Waals surface area (Å²) in [6, 6.07) is 0. The maximum atomic E-state index is 12.3. The lowest BCUT2D eigenvalue weighted by molar-refractivity contribution is 0.0404. The van der Waals surface area contributed by atoms with Crippen molar-refractivity contribution in [1.29, 1.82) is 0 Å². The van der Waals surface area contributed by atoms with Gasteiger partial charge in [-0.15, -0.1) is 0 Å². The van der Waals surface area contributed by atoms with Crippen LogP contribution in [0.25, 0.3) is 0 Å². The molecule has 0 radical (unpaired) electrons. The van der Waals surface area contributed by atoms with Gasteiger partial charge in [0.2, 0.25) is 0 Å². The number of rotatable bonds is 5. The zero-order valence-electron chi connectivity index (χ0n) is 6.37. The second-order valence-electron chi connectivity index (χ2n) is 2.43. The van der Waals surface area contributed by atoms with Crippen LogP contribution in [0.15, 0.2) is 0 Å². The van der Waals surface area contributed by atoms with Crippen LogP contribution >= 0.6 is 0 Å². The molecule has 0 aliphatic carbocycles. The molecule has 0 amide bonds. The van der Waals surface area contributed by atoms with Crippen molar-refractivity contribution in [2.45, 2.75) is 45.0 Å². The molecule has 0 heterocycles. The van der Waals surface area contributed by atoms with Crippen molar-refractivity contribution in [1.82, 2.24) is 0 Å². The van der Waals surface area contributed by atoms with Crippen LogP contribution < -0.4 is 0 Å². The van der Waals surface area contributed by atoms with Crippen LogP contribution in [0.4, 0.5) is 17.6 Å². The van der Waals surface area contributed by atoms with E-state index in [4.69, 9.17) is 0 Å². The van der Waals surface area contributed by atoms with Crippen LogP contribution in [0.2, 0.25) is 0 Å².